The van der Waals surface area contributed by atoms with Crippen molar-refractivity contribution >= 4 is 17.9 Å². The molecule has 120 valence electrons. The fourth-order valence-corrected chi connectivity index (χ4v) is 2.39. The van der Waals surface area contributed by atoms with E-state index < -0.39 is 23.3 Å². The highest BCUT2D eigenvalue weighted by Crippen LogP contribution is 2.24. The Labute approximate surface area is 124 Å². The normalized spacial score (nSPS) is 19.9. The first-order chi connectivity index (χ1) is 9.69. The van der Waals surface area contributed by atoms with Crippen molar-refractivity contribution < 1.29 is 24.2 Å². The number of nitrogens with one attached hydrogen (secondary N) is 2. The second-order valence-electron chi connectivity index (χ2n) is 6.35. The summed E-state index contributed by atoms with van der Waals surface area (Å²) in [7, 11) is 0. The van der Waals surface area contributed by atoms with Crippen LogP contribution in [0.3, 0.4) is 0 Å². The Hall–Kier alpha value is -1.63. The molecule has 1 saturated heterocycles. The number of aliphatic carboxylic acids is 1. The van der Waals surface area contributed by atoms with Gasteiger partial charge in [0.25, 0.3) is 0 Å². The van der Waals surface area contributed by atoms with E-state index in [2.05, 4.69) is 10.6 Å². The Morgan fingerprint density at radius 1 is 1.33 bits per heavy atom. The van der Waals surface area contributed by atoms with Crippen LogP contribution in [0.15, 0.2) is 0 Å². The van der Waals surface area contributed by atoms with Crippen LogP contribution in [0.1, 0.15) is 40.0 Å². The number of rotatable bonds is 6. The van der Waals surface area contributed by atoms with Gasteiger partial charge in [0, 0.05) is 25.0 Å². The first-order valence-corrected chi connectivity index (χ1v) is 7.09. The summed E-state index contributed by atoms with van der Waals surface area (Å²) in [5.74, 6) is -1.19. The van der Waals surface area contributed by atoms with Crippen LogP contribution in [0.25, 0.3) is 0 Å². The number of imide groups is 1. The zero-order chi connectivity index (χ0) is 16.0. The van der Waals surface area contributed by atoms with E-state index in [0.29, 0.717) is 13.2 Å². The number of carbonyl (C=O) groups is 3. The summed E-state index contributed by atoms with van der Waals surface area (Å²) < 4.78 is 5.25. The molecule has 0 aliphatic carbocycles. The molecule has 2 unspecified atom stereocenters. The molecule has 1 aliphatic heterocycles. The summed E-state index contributed by atoms with van der Waals surface area (Å²) in [6.45, 7) is 6.54. The first-order valence-electron chi connectivity index (χ1n) is 7.09. The van der Waals surface area contributed by atoms with Gasteiger partial charge in [-0.3, -0.25) is 14.9 Å². The van der Waals surface area contributed by atoms with E-state index in [-0.39, 0.29) is 24.8 Å². The van der Waals surface area contributed by atoms with E-state index in [0.717, 1.165) is 6.42 Å². The van der Waals surface area contributed by atoms with Crippen LogP contribution in [-0.2, 0) is 14.3 Å². The molecule has 0 aromatic rings. The lowest BCUT2D eigenvalue weighted by atomic mass is 9.85. The number of urea groups is 1. The largest absolute Gasteiger partial charge is 0.481 e. The molecule has 1 rings (SSSR count). The van der Waals surface area contributed by atoms with Crippen LogP contribution < -0.4 is 10.6 Å². The summed E-state index contributed by atoms with van der Waals surface area (Å²) in [6.07, 6.45) is 0.743. The third-order valence-corrected chi connectivity index (χ3v) is 3.55. The first kappa shape index (κ1) is 17.4. The number of ether oxygens (including phenoxy) is 1. The molecule has 7 heteroatoms. The summed E-state index contributed by atoms with van der Waals surface area (Å²) in [6, 6.07) is -0.627. The lowest BCUT2D eigenvalue weighted by Crippen LogP contribution is -2.47. The van der Waals surface area contributed by atoms with Crippen molar-refractivity contribution in [3.8, 4) is 0 Å². The molecule has 0 saturated carbocycles. The fourth-order valence-electron chi connectivity index (χ4n) is 2.39. The van der Waals surface area contributed by atoms with Crippen LogP contribution in [0.2, 0.25) is 0 Å². The SMILES string of the molecule is CC(NC(=O)NC(=O)CC(C)(C)CC(=O)O)C1CCOC1. The molecule has 0 spiro atoms. The second kappa shape index (κ2) is 7.40. The minimum absolute atomic E-state index is 0.0202. The molecule has 0 radical (unpaired) electrons. The van der Waals surface area contributed by atoms with Gasteiger partial charge in [-0.2, -0.15) is 0 Å². The third-order valence-electron chi connectivity index (χ3n) is 3.55. The van der Waals surface area contributed by atoms with Gasteiger partial charge in [-0.05, 0) is 18.8 Å². The van der Waals surface area contributed by atoms with E-state index in [1.807, 2.05) is 6.92 Å². The molecule has 1 heterocycles. The molecule has 3 N–H and O–H groups in total. The number of hydrogen-bond donors (Lipinski definition) is 3. The van der Waals surface area contributed by atoms with Crippen molar-refractivity contribution in [3.63, 3.8) is 0 Å². The molecule has 0 bridgehead atoms. The van der Waals surface area contributed by atoms with E-state index in [1.165, 1.54) is 0 Å². The monoisotopic (exact) mass is 300 g/mol. The Balaban J connectivity index is 2.36. The number of amides is 3. The van der Waals surface area contributed by atoms with Gasteiger partial charge in [-0.1, -0.05) is 13.8 Å². The Bertz CT molecular complexity index is 402. The quantitative estimate of drug-likeness (QED) is 0.682. The number of carbonyl (C=O) groups excluding carboxylic acids is 2. The van der Waals surface area contributed by atoms with Crippen molar-refractivity contribution in [1.29, 1.82) is 0 Å². The van der Waals surface area contributed by atoms with Crippen LogP contribution in [-0.4, -0.2) is 42.3 Å². The zero-order valence-corrected chi connectivity index (χ0v) is 12.8. The van der Waals surface area contributed by atoms with E-state index in [9.17, 15) is 14.4 Å². The van der Waals surface area contributed by atoms with Gasteiger partial charge in [0.2, 0.25) is 5.91 Å². The van der Waals surface area contributed by atoms with Gasteiger partial charge in [-0.15, -0.1) is 0 Å². The van der Waals surface area contributed by atoms with E-state index in [1.54, 1.807) is 13.8 Å². The van der Waals surface area contributed by atoms with Crippen LogP contribution in [0.4, 0.5) is 4.79 Å². The van der Waals surface area contributed by atoms with E-state index >= 15 is 0 Å². The highest BCUT2D eigenvalue weighted by Gasteiger charge is 2.27. The predicted octanol–water partition coefficient (Wildman–Crippen LogP) is 1.13. The topological polar surface area (TPSA) is 105 Å². The molecule has 21 heavy (non-hydrogen) atoms. The molecule has 2 atom stereocenters. The smallest absolute Gasteiger partial charge is 0.321 e. The maximum Gasteiger partial charge on any atom is 0.321 e. The molecule has 3 amide bonds. The second-order valence-corrected chi connectivity index (χ2v) is 6.35. The lowest BCUT2D eigenvalue weighted by Gasteiger charge is -2.22. The Morgan fingerprint density at radius 3 is 2.52 bits per heavy atom. The Kier molecular flexibility index (Phi) is 6.14. The number of carboxylic acids is 1. The average Bonchev–Trinajstić information content (AvgIpc) is 2.77. The summed E-state index contributed by atoms with van der Waals surface area (Å²) in [5.41, 5.74) is -0.693. The molecule has 1 fully saturated rings. The maximum atomic E-state index is 11.8. The lowest BCUT2D eigenvalue weighted by molar-refractivity contribution is -0.139. The van der Waals surface area contributed by atoms with Crippen LogP contribution in [0, 0.1) is 11.3 Å². The molecule has 0 aromatic carbocycles. The maximum absolute atomic E-state index is 11.8. The minimum atomic E-state index is -0.966. The van der Waals surface area contributed by atoms with Gasteiger partial charge in [0.05, 0.1) is 13.0 Å². The molecule has 1 aliphatic rings. The highest BCUT2D eigenvalue weighted by atomic mass is 16.5. The fraction of sp³-hybridized carbons (Fsp3) is 0.786. The molecular formula is C14H24N2O5. The predicted molar refractivity (Wildman–Crippen MR) is 75.7 cm³/mol. The minimum Gasteiger partial charge on any atom is -0.481 e. The van der Waals surface area contributed by atoms with Crippen LogP contribution >= 0.6 is 0 Å². The summed E-state index contributed by atoms with van der Waals surface area (Å²) >= 11 is 0. The van der Waals surface area contributed by atoms with Crippen molar-refractivity contribution in [1.82, 2.24) is 10.6 Å². The van der Waals surface area contributed by atoms with Gasteiger partial charge in [-0.25, -0.2) is 4.79 Å². The molecule has 0 aromatic heterocycles. The number of carboxylic acid groups (broad SMARTS) is 1. The van der Waals surface area contributed by atoms with Gasteiger partial charge >= 0.3 is 12.0 Å². The average molecular weight is 300 g/mol. The number of hydrogen-bond acceptors (Lipinski definition) is 4. The molecular weight excluding hydrogens is 276 g/mol. The van der Waals surface area contributed by atoms with Gasteiger partial charge < -0.3 is 15.2 Å². The highest BCUT2D eigenvalue weighted by molar-refractivity contribution is 5.94. The van der Waals surface area contributed by atoms with Crippen LogP contribution in [0.5, 0.6) is 0 Å². The third kappa shape index (κ3) is 6.57. The van der Waals surface area contributed by atoms with Crippen molar-refractivity contribution in [2.45, 2.75) is 46.1 Å². The summed E-state index contributed by atoms with van der Waals surface area (Å²) in [4.78, 5) is 34.2. The standard InChI is InChI=1S/C14H24N2O5/c1-9(10-4-5-21-8-10)15-13(20)16-11(17)6-14(2,3)7-12(18)19/h9-10H,4-8H2,1-3H3,(H,18,19)(H2,15,16,17,20). The molecule has 7 nitrogen and oxygen atoms in total. The Morgan fingerprint density at radius 2 is 2.00 bits per heavy atom. The van der Waals surface area contributed by atoms with E-state index in [4.69, 9.17) is 9.84 Å². The summed E-state index contributed by atoms with van der Waals surface area (Å²) in [5, 5.41) is 13.7. The van der Waals surface area contributed by atoms with Gasteiger partial charge in [0.1, 0.15) is 0 Å². The van der Waals surface area contributed by atoms with Gasteiger partial charge in [0.15, 0.2) is 0 Å². The van der Waals surface area contributed by atoms with Crippen molar-refractivity contribution in [3.05, 3.63) is 0 Å². The van der Waals surface area contributed by atoms with Crippen molar-refractivity contribution in [2.75, 3.05) is 13.2 Å². The zero-order valence-electron chi connectivity index (χ0n) is 12.8. The van der Waals surface area contributed by atoms with Crippen molar-refractivity contribution in [2.24, 2.45) is 11.3 Å².